The molecule has 5 rings (SSSR count). The summed E-state index contributed by atoms with van der Waals surface area (Å²) < 4.78 is 0. The van der Waals surface area contributed by atoms with E-state index in [2.05, 4.69) is 43.2 Å². The standard InChI is InChI=1S/C23H26ClN5O2S/c24-18-2-1-7-25-21(18)28-10-8-27(9-11-28)13-15-3-4-17-16(12-15)14-29(23(17)32)19-5-6-20(30)26-22(19)31/h1-4,7,12,19,23,32H,5-6,8-11,13-14H2,(H,26,30,31). The molecule has 0 spiro atoms. The highest BCUT2D eigenvalue weighted by Crippen LogP contribution is 2.39. The molecule has 1 aromatic heterocycles. The Bertz CT molecular complexity index is 1040. The van der Waals surface area contributed by atoms with E-state index < -0.39 is 0 Å². The molecule has 0 saturated carbocycles. The van der Waals surface area contributed by atoms with Gasteiger partial charge in [-0.2, -0.15) is 12.6 Å². The Balaban J connectivity index is 1.21. The predicted molar refractivity (Wildman–Crippen MR) is 127 cm³/mol. The molecule has 2 amide bonds. The summed E-state index contributed by atoms with van der Waals surface area (Å²) >= 11 is 11.1. The normalized spacial score (nSPS) is 24.5. The van der Waals surface area contributed by atoms with Crippen molar-refractivity contribution in [1.82, 2.24) is 20.1 Å². The molecule has 1 N–H and O–H groups in total. The lowest BCUT2D eigenvalue weighted by atomic mass is 10.0. The quantitative estimate of drug-likeness (QED) is 0.527. The lowest BCUT2D eigenvalue weighted by Crippen LogP contribution is -2.51. The molecule has 4 heterocycles. The number of nitrogens with zero attached hydrogens (tertiary/aromatic N) is 4. The Hall–Kier alpha value is -2.13. The molecular formula is C23H26ClN5O2S. The molecule has 0 radical (unpaired) electrons. The second-order valence-corrected chi connectivity index (χ2v) is 9.51. The maximum absolute atomic E-state index is 12.3. The molecule has 2 aromatic rings. The number of imide groups is 1. The van der Waals surface area contributed by atoms with E-state index in [1.165, 1.54) is 11.1 Å². The number of nitrogens with one attached hydrogen (secondary N) is 1. The first kappa shape index (κ1) is 21.7. The van der Waals surface area contributed by atoms with E-state index in [1.54, 1.807) is 6.20 Å². The molecule has 168 valence electrons. The number of fused-ring (bicyclic) bond motifs is 1. The molecule has 3 aliphatic heterocycles. The van der Waals surface area contributed by atoms with Crippen LogP contribution in [-0.4, -0.2) is 58.8 Å². The molecule has 2 saturated heterocycles. The monoisotopic (exact) mass is 471 g/mol. The van der Waals surface area contributed by atoms with Gasteiger partial charge >= 0.3 is 0 Å². The zero-order valence-corrected chi connectivity index (χ0v) is 19.4. The summed E-state index contributed by atoms with van der Waals surface area (Å²) in [4.78, 5) is 35.0. The van der Waals surface area contributed by atoms with Gasteiger partial charge in [-0.15, -0.1) is 0 Å². The summed E-state index contributed by atoms with van der Waals surface area (Å²) in [5.41, 5.74) is 3.63. The van der Waals surface area contributed by atoms with Crippen LogP contribution in [0, 0.1) is 0 Å². The van der Waals surface area contributed by atoms with Gasteiger partial charge in [-0.1, -0.05) is 29.8 Å². The van der Waals surface area contributed by atoms with Gasteiger partial charge in [-0.25, -0.2) is 4.98 Å². The first-order chi connectivity index (χ1) is 15.5. The third kappa shape index (κ3) is 4.24. The zero-order valence-electron chi connectivity index (χ0n) is 17.7. The molecule has 32 heavy (non-hydrogen) atoms. The van der Waals surface area contributed by atoms with Crippen molar-refractivity contribution >= 4 is 41.9 Å². The fraction of sp³-hybridized carbons (Fsp3) is 0.435. The van der Waals surface area contributed by atoms with Gasteiger partial charge in [0, 0.05) is 51.9 Å². The van der Waals surface area contributed by atoms with Crippen molar-refractivity contribution in [3.8, 4) is 0 Å². The van der Waals surface area contributed by atoms with E-state index in [9.17, 15) is 9.59 Å². The fourth-order valence-electron chi connectivity index (χ4n) is 4.87. The molecule has 0 bridgehead atoms. The number of amides is 2. The summed E-state index contributed by atoms with van der Waals surface area (Å²) in [5.74, 6) is 0.463. The molecule has 2 fully saturated rings. The Labute approximate surface area is 198 Å². The van der Waals surface area contributed by atoms with Crippen molar-refractivity contribution in [2.75, 3.05) is 31.1 Å². The van der Waals surface area contributed by atoms with Crippen LogP contribution in [-0.2, 0) is 22.7 Å². The molecule has 0 aliphatic carbocycles. The smallest absolute Gasteiger partial charge is 0.243 e. The van der Waals surface area contributed by atoms with Gasteiger partial charge in [0.2, 0.25) is 11.8 Å². The maximum atomic E-state index is 12.3. The molecular weight excluding hydrogens is 446 g/mol. The van der Waals surface area contributed by atoms with Crippen molar-refractivity contribution in [1.29, 1.82) is 0 Å². The average Bonchev–Trinajstić information content (AvgIpc) is 3.10. The summed E-state index contributed by atoms with van der Waals surface area (Å²) in [7, 11) is 0. The first-order valence-electron chi connectivity index (χ1n) is 11.0. The average molecular weight is 472 g/mol. The number of pyridine rings is 1. The molecule has 3 aliphatic rings. The van der Waals surface area contributed by atoms with E-state index in [-0.39, 0.29) is 23.2 Å². The number of benzene rings is 1. The summed E-state index contributed by atoms with van der Waals surface area (Å²) in [5, 5.41) is 3.03. The number of hydrogen-bond donors (Lipinski definition) is 2. The van der Waals surface area contributed by atoms with E-state index in [4.69, 9.17) is 24.2 Å². The van der Waals surface area contributed by atoms with Gasteiger partial charge in [0.1, 0.15) is 5.82 Å². The first-order valence-corrected chi connectivity index (χ1v) is 11.9. The Morgan fingerprint density at radius 3 is 2.72 bits per heavy atom. The van der Waals surface area contributed by atoms with Gasteiger partial charge in [0.15, 0.2) is 0 Å². The number of aromatic nitrogens is 1. The number of rotatable bonds is 4. The zero-order chi connectivity index (χ0) is 22.2. The van der Waals surface area contributed by atoms with E-state index in [0.29, 0.717) is 24.4 Å². The molecule has 1 aromatic carbocycles. The van der Waals surface area contributed by atoms with Crippen LogP contribution in [0.2, 0.25) is 5.02 Å². The number of halogens is 1. The minimum atomic E-state index is -0.308. The topological polar surface area (TPSA) is 68.8 Å². The predicted octanol–water partition coefficient (Wildman–Crippen LogP) is 2.61. The van der Waals surface area contributed by atoms with Gasteiger partial charge in [-0.05, 0) is 35.2 Å². The maximum Gasteiger partial charge on any atom is 0.243 e. The molecule has 7 nitrogen and oxygen atoms in total. The molecule has 2 atom stereocenters. The van der Waals surface area contributed by atoms with Crippen molar-refractivity contribution in [2.45, 2.75) is 37.3 Å². The van der Waals surface area contributed by atoms with Crippen LogP contribution in [0.5, 0.6) is 0 Å². The van der Waals surface area contributed by atoms with Crippen LogP contribution in [0.1, 0.15) is 34.9 Å². The third-order valence-corrected chi connectivity index (χ3v) is 7.45. The molecule has 2 unspecified atom stereocenters. The van der Waals surface area contributed by atoms with Crippen LogP contribution in [0.4, 0.5) is 5.82 Å². The van der Waals surface area contributed by atoms with Crippen molar-refractivity contribution in [2.24, 2.45) is 0 Å². The Morgan fingerprint density at radius 2 is 1.97 bits per heavy atom. The van der Waals surface area contributed by atoms with Gasteiger partial charge < -0.3 is 4.90 Å². The minimum absolute atomic E-state index is 0.130. The van der Waals surface area contributed by atoms with E-state index in [0.717, 1.165) is 44.1 Å². The van der Waals surface area contributed by atoms with Crippen LogP contribution in [0.3, 0.4) is 0 Å². The van der Waals surface area contributed by atoms with Gasteiger partial charge in [0.25, 0.3) is 0 Å². The largest absolute Gasteiger partial charge is 0.353 e. The third-order valence-electron chi connectivity index (χ3n) is 6.58. The van der Waals surface area contributed by atoms with Crippen molar-refractivity contribution < 1.29 is 9.59 Å². The van der Waals surface area contributed by atoms with E-state index >= 15 is 0 Å². The van der Waals surface area contributed by atoms with Crippen molar-refractivity contribution in [3.63, 3.8) is 0 Å². The minimum Gasteiger partial charge on any atom is -0.353 e. The van der Waals surface area contributed by atoms with Gasteiger partial charge in [-0.3, -0.25) is 24.7 Å². The second kappa shape index (κ2) is 9.02. The summed E-state index contributed by atoms with van der Waals surface area (Å²) in [6.45, 7) is 5.23. The fourth-order valence-corrected chi connectivity index (χ4v) is 5.61. The lowest BCUT2D eigenvalue weighted by molar-refractivity contribution is -0.137. The Kier molecular flexibility index (Phi) is 6.11. The summed E-state index contributed by atoms with van der Waals surface area (Å²) in [6, 6.07) is 9.97. The highest BCUT2D eigenvalue weighted by molar-refractivity contribution is 7.80. The lowest BCUT2D eigenvalue weighted by Gasteiger charge is -2.35. The van der Waals surface area contributed by atoms with Crippen molar-refractivity contribution in [3.05, 3.63) is 58.2 Å². The van der Waals surface area contributed by atoms with Crippen LogP contribution in [0.25, 0.3) is 0 Å². The number of carbonyl (C=O) groups excluding carboxylic acids is 2. The number of piperazine rings is 1. The van der Waals surface area contributed by atoms with Crippen LogP contribution >= 0.6 is 24.2 Å². The van der Waals surface area contributed by atoms with Crippen LogP contribution in [0.15, 0.2) is 36.5 Å². The van der Waals surface area contributed by atoms with E-state index in [1.807, 2.05) is 12.1 Å². The number of carbonyl (C=O) groups is 2. The number of thiol groups is 1. The highest BCUT2D eigenvalue weighted by Gasteiger charge is 2.39. The number of anilines is 1. The number of piperidine rings is 1. The second-order valence-electron chi connectivity index (χ2n) is 8.62. The number of hydrogen-bond acceptors (Lipinski definition) is 7. The highest BCUT2D eigenvalue weighted by atomic mass is 35.5. The van der Waals surface area contributed by atoms with Crippen LogP contribution < -0.4 is 10.2 Å². The van der Waals surface area contributed by atoms with Gasteiger partial charge in [0.05, 0.1) is 16.4 Å². The summed E-state index contributed by atoms with van der Waals surface area (Å²) in [6.07, 6.45) is 2.71. The molecule has 9 heteroatoms. The SMILES string of the molecule is O=C1CCC(N2Cc3cc(CN4CCN(c5ncccc5Cl)CC4)ccc3C2S)C(=O)N1. The Morgan fingerprint density at radius 1 is 1.16 bits per heavy atom.